The Morgan fingerprint density at radius 1 is 1.22 bits per heavy atom. The van der Waals surface area contributed by atoms with E-state index in [-0.39, 0.29) is 6.61 Å². The second-order valence-electron chi connectivity index (χ2n) is 5.93. The number of hydrogen-bond acceptors (Lipinski definition) is 4. The Hall–Kier alpha value is -2.64. The van der Waals surface area contributed by atoms with Gasteiger partial charge in [-0.3, -0.25) is 4.98 Å². The van der Waals surface area contributed by atoms with Crippen LogP contribution in [0, 0.1) is 5.82 Å². The molecule has 1 aromatic carbocycles. The van der Waals surface area contributed by atoms with Crippen LogP contribution in [0.1, 0.15) is 12.0 Å². The number of rotatable bonds is 5. The van der Waals surface area contributed by atoms with Crippen molar-refractivity contribution in [2.45, 2.75) is 18.4 Å². The van der Waals surface area contributed by atoms with Crippen molar-refractivity contribution in [3.63, 3.8) is 0 Å². The minimum Gasteiger partial charge on any atom is -0.449 e. The summed E-state index contributed by atoms with van der Waals surface area (Å²) < 4.78 is 47.6. The zero-order valence-corrected chi connectivity index (χ0v) is 14.1. The summed E-state index contributed by atoms with van der Waals surface area (Å²) in [7, 11) is 12.3. The SMILES string of the molecule is [B]C([B])(c1cncc(-c2ccc(F)c(OC(F)F)c2)c1)N1CCCOC1=O. The minimum atomic E-state index is -3.16. The zero-order valence-electron chi connectivity index (χ0n) is 14.1. The van der Waals surface area contributed by atoms with Gasteiger partial charge in [-0.15, -0.1) is 0 Å². The number of carbonyl (C=O) groups is 1. The maximum absolute atomic E-state index is 13.6. The molecule has 3 rings (SSSR count). The normalized spacial score (nSPS) is 15.0. The molecule has 136 valence electrons. The molecule has 5 nitrogen and oxygen atoms in total. The fourth-order valence-corrected chi connectivity index (χ4v) is 2.73. The molecule has 1 aliphatic rings. The second-order valence-corrected chi connectivity index (χ2v) is 5.93. The van der Waals surface area contributed by atoms with Crippen LogP contribution < -0.4 is 4.74 Å². The number of cyclic esters (lactones) is 1. The maximum Gasteiger partial charge on any atom is 0.409 e. The number of hydrogen-bond donors (Lipinski definition) is 0. The van der Waals surface area contributed by atoms with Gasteiger partial charge in [-0.1, -0.05) is 6.07 Å². The van der Waals surface area contributed by atoms with Crippen LogP contribution >= 0.6 is 0 Å². The van der Waals surface area contributed by atoms with Crippen molar-refractivity contribution < 1.29 is 27.4 Å². The number of carbonyl (C=O) groups excluding carboxylic acids is 1. The molecule has 0 saturated carbocycles. The van der Waals surface area contributed by atoms with E-state index in [9.17, 15) is 18.0 Å². The van der Waals surface area contributed by atoms with Gasteiger partial charge in [0.2, 0.25) is 0 Å². The molecule has 1 fully saturated rings. The number of nitrogens with zero attached hydrogens (tertiary/aromatic N) is 2. The lowest BCUT2D eigenvalue weighted by Crippen LogP contribution is -2.53. The second kappa shape index (κ2) is 7.54. The van der Waals surface area contributed by atoms with Crippen LogP contribution in [-0.2, 0) is 10.1 Å². The third-order valence-corrected chi connectivity index (χ3v) is 4.10. The zero-order chi connectivity index (χ0) is 19.6. The van der Waals surface area contributed by atoms with Gasteiger partial charge in [-0.05, 0) is 41.1 Å². The third kappa shape index (κ3) is 4.04. The fraction of sp³-hybridized carbons (Fsp3) is 0.294. The average molecular weight is 372 g/mol. The van der Waals surface area contributed by atoms with Crippen molar-refractivity contribution in [1.29, 1.82) is 0 Å². The van der Waals surface area contributed by atoms with Crippen molar-refractivity contribution in [2.24, 2.45) is 0 Å². The quantitative estimate of drug-likeness (QED) is 0.758. The Labute approximate surface area is 156 Å². The van der Waals surface area contributed by atoms with Gasteiger partial charge in [0.1, 0.15) is 0 Å². The highest BCUT2D eigenvalue weighted by Crippen LogP contribution is 2.31. The number of ether oxygens (including phenoxy) is 2. The molecule has 1 amide bonds. The molecule has 1 saturated heterocycles. The van der Waals surface area contributed by atoms with Gasteiger partial charge in [0, 0.05) is 24.5 Å². The molecule has 0 N–H and O–H groups in total. The van der Waals surface area contributed by atoms with E-state index in [4.69, 9.17) is 20.4 Å². The van der Waals surface area contributed by atoms with Crippen molar-refractivity contribution >= 4 is 21.8 Å². The van der Waals surface area contributed by atoms with Gasteiger partial charge >= 0.3 is 12.7 Å². The van der Waals surface area contributed by atoms with Crippen LogP contribution in [0.15, 0.2) is 36.7 Å². The Morgan fingerprint density at radius 2 is 2.00 bits per heavy atom. The molecule has 2 heterocycles. The van der Waals surface area contributed by atoms with Crippen LogP contribution in [0.25, 0.3) is 11.1 Å². The standard InChI is InChI=1S/C17H13B2F3N2O3/c18-17(19,24-4-1-5-26-16(24)25)12-6-11(8-23-9-12)10-2-3-13(20)14(7-10)27-15(21)22/h2-3,6-9,15H,1,4-5H2. The molecule has 4 radical (unpaired) electrons. The fourth-order valence-electron chi connectivity index (χ4n) is 2.73. The van der Waals surface area contributed by atoms with Crippen molar-refractivity contribution in [1.82, 2.24) is 9.88 Å². The summed E-state index contributed by atoms with van der Waals surface area (Å²) in [5, 5.41) is -1.69. The minimum absolute atomic E-state index is 0.284. The number of benzene rings is 1. The van der Waals surface area contributed by atoms with E-state index in [1.165, 1.54) is 29.4 Å². The molecular formula is C17H13B2F3N2O3. The van der Waals surface area contributed by atoms with Crippen LogP contribution in [0.5, 0.6) is 5.75 Å². The maximum atomic E-state index is 13.6. The molecule has 10 heteroatoms. The number of alkyl halides is 2. The summed E-state index contributed by atoms with van der Waals surface area (Å²) in [6.45, 7) is -2.57. The molecule has 27 heavy (non-hydrogen) atoms. The first-order valence-corrected chi connectivity index (χ1v) is 8.01. The smallest absolute Gasteiger partial charge is 0.409 e. The lowest BCUT2D eigenvalue weighted by Gasteiger charge is -2.41. The molecular weight excluding hydrogens is 359 g/mol. The third-order valence-electron chi connectivity index (χ3n) is 4.10. The van der Waals surface area contributed by atoms with E-state index in [1.54, 1.807) is 0 Å². The monoisotopic (exact) mass is 372 g/mol. The predicted octanol–water partition coefficient (Wildman–Crippen LogP) is 2.78. The van der Waals surface area contributed by atoms with Crippen molar-refractivity contribution in [2.75, 3.05) is 13.2 Å². The highest BCUT2D eigenvalue weighted by Gasteiger charge is 2.34. The van der Waals surface area contributed by atoms with Crippen molar-refractivity contribution in [3.8, 4) is 16.9 Å². The van der Waals surface area contributed by atoms with E-state index < -0.39 is 29.6 Å². The van der Waals surface area contributed by atoms with Gasteiger partial charge in [0.15, 0.2) is 11.6 Å². The van der Waals surface area contributed by atoms with Gasteiger partial charge in [-0.25, -0.2) is 9.18 Å². The van der Waals surface area contributed by atoms with Crippen molar-refractivity contribution in [3.05, 3.63) is 48.0 Å². The van der Waals surface area contributed by atoms with E-state index in [2.05, 4.69) is 9.72 Å². The number of aromatic nitrogens is 1. The first-order valence-electron chi connectivity index (χ1n) is 8.01. The van der Waals surface area contributed by atoms with Crippen LogP contribution in [0.2, 0.25) is 0 Å². The Bertz CT molecular complexity index is 852. The summed E-state index contributed by atoms with van der Waals surface area (Å²) in [6, 6.07) is 5.03. The van der Waals surface area contributed by atoms with E-state index in [0.717, 1.165) is 12.1 Å². The van der Waals surface area contributed by atoms with Crippen LogP contribution in [0.3, 0.4) is 0 Å². The highest BCUT2D eigenvalue weighted by atomic mass is 19.3. The average Bonchev–Trinajstić information content (AvgIpc) is 2.63. The summed E-state index contributed by atoms with van der Waals surface area (Å²) in [5.74, 6) is -1.52. The van der Waals surface area contributed by atoms with Gasteiger partial charge in [0.25, 0.3) is 0 Å². The number of amides is 1. The first-order chi connectivity index (χ1) is 12.8. The number of halogens is 3. The topological polar surface area (TPSA) is 51.7 Å². The van der Waals surface area contributed by atoms with Crippen LogP contribution in [-0.4, -0.2) is 51.4 Å². The van der Waals surface area contributed by atoms with E-state index >= 15 is 0 Å². The Morgan fingerprint density at radius 3 is 2.70 bits per heavy atom. The molecule has 0 atom stereocenters. The molecule has 2 aromatic rings. The predicted molar refractivity (Wildman–Crippen MR) is 92.1 cm³/mol. The first kappa shape index (κ1) is 19.1. The Kier molecular flexibility index (Phi) is 5.34. The largest absolute Gasteiger partial charge is 0.449 e. The lowest BCUT2D eigenvalue weighted by molar-refractivity contribution is -0.0521. The Balaban J connectivity index is 1.95. The van der Waals surface area contributed by atoms with E-state index in [1.807, 2.05) is 0 Å². The molecule has 0 bridgehead atoms. The van der Waals surface area contributed by atoms with Gasteiger partial charge in [0.05, 0.1) is 22.3 Å². The van der Waals surface area contributed by atoms with Gasteiger partial charge < -0.3 is 14.4 Å². The summed E-state index contributed by atoms with van der Waals surface area (Å²) in [5.41, 5.74) is 1.08. The summed E-state index contributed by atoms with van der Waals surface area (Å²) in [4.78, 5) is 17.2. The van der Waals surface area contributed by atoms with Crippen LogP contribution in [0.4, 0.5) is 18.0 Å². The highest BCUT2D eigenvalue weighted by molar-refractivity contribution is 6.40. The molecule has 1 aromatic heterocycles. The summed E-state index contributed by atoms with van der Waals surface area (Å²) in [6.07, 6.45) is 2.73. The summed E-state index contributed by atoms with van der Waals surface area (Å²) >= 11 is 0. The van der Waals surface area contributed by atoms with E-state index in [0.29, 0.717) is 29.7 Å². The molecule has 0 unspecified atom stereocenters. The number of pyridine rings is 1. The lowest BCUT2D eigenvalue weighted by atomic mass is 9.57. The molecule has 0 aliphatic carbocycles. The van der Waals surface area contributed by atoms with Gasteiger partial charge in [-0.2, -0.15) is 8.78 Å². The molecule has 1 aliphatic heterocycles. The molecule has 0 spiro atoms.